The van der Waals surface area contributed by atoms with Crippen molar-refractivity contribution < 1.29 is 9.50 Å². The van der Waals surface area contributed by atoms with Gasteiger partial charge in [-0.25, -0.2) is 4.39 Å². The number of nitrogens with two attached hydrogens (primary N) is 1. The fourth-order valence-corrected chi connectivity index (χ4v) is 1.09. The number of rotatable bonds is 2. The molecule has 2 nitrogen and oxygen atoms in total. The van der Waals surface area contributed by atoms with Crippen molar-refractivity contribution in [2.75, 3.05) is 0 Å². The molecule has 2 atom stereocenters. The summed E-state index contributed by atoms with van der Waals surface area (Å²) in [5, 5.41) is 9.19. The fourth-order valence-electron chi connectivity index (χ4n) is 1.09. The summed E-state index contributed by atoms with van der Waals surface area (Å²) >= 11 is 0. The number of aliphatic hydroxyl groups is 1. The van der Waals surface area contributed by atoms with Crippen molar-refractivity contribution in [3.63, 3.8) is 0 Å². The Morgan fingerprint density at radius 1 is 1.46 bits per heavy atom. The number of aryl methyl sites for hydroxylation is 1. The molecule has 1 aromatic rings. The van der Waals surface area contributed by atoms with Crippen molar-refractivity contribution in [2.45, 2.75) is 26.0 Å². The van der Waals surface area contributed by atoms with E-state index >= 15 is 0 Å². The molecule has 0 saturated carbocycles. The van der Waals surface area contributed by atoms with Gasteiger partial charge in [0.2, 0.25) is 0 Å². The number of hydrogen-bond acceptors (Lipinski definition) is 2. The van der Waals surface area contributed by atoms with Crippen LogP contribution in [0.1, 0.15) is 24.1 Å². The van der Waals surface area contributed by atoms with Gasteiger partial charge in [0.25, 0.3) is 0 Å². The van der Waals surface area contributed by atoms with Crippen LogP contribution >= 0.6 is 0 Å². The van der Waals surface area contributed by atoms with E-state index in [9.17, 15) is 9.50 Å². The first kappa shape index (κ1) is 10.2. The quantitative estimate of drug-likeness (QED) is 0.730. The van der Waals surface area contributed by atoms with E-state index in [1.165, 1.54) is 6.07 Å². The molecule has 1 aromatic carbocycles. The number of hydrogen-bond donors (Lipinski definition) is 2. The molecular formula is C10H14FNO. The van der Waals surface area contributed by atoms with Gasteiger partial charge in [-0.05, 0) is 31.0 Å². The third-order valence-corrected chi connectivity index (χ3v) is 2.10. The molecule has 0 aromatic heterocycles. The normalized spacial score (nSPS) is 15.5. The molecule has 0 aliphatic heterocycles. The van der Waals surface area contributed by atoms with E-state index in [-0.39, 0.29) is 5.82 Å². The Balaban J connectivity index is 2.97. The van der Waals surface area contributed by atoms with Crippen LogP contribution in [0.25, 0.3) is 0 Å². The van der Waals surface area contributed by atoms with E-state index in [2.05, 4.69) is 0 Å². The maximum atomic E-state index is 13.1. The molecule has 0 bridgehead atoms. The molecule has 3 N–H and O–H groups in total. The van der Waals surface area contributed by atoms with Crippen LogP contribution in [0.3, 0.4) is 0 Å². The molecule has 1 rings (SSSR count). The Morgan fingerprint density at radius 2 is 2.08 bits per heavy atom. The molecule has 0 unspecified atom stereocenters. The fraction of sp³-hybridized carbons (Fsp3) is 0.400. The molecule has 0 spiro atoms. The Morgan fingerprint density at radius 3 is 2.54 bits per heavy atom. The number of halogens is 1. The summed E-state index contributed by atoms with van der Waals surface area (Å²) in [4.78, 5) is 0. The largest absolute Gasteiger partial charge is 0.391 e. The lowest BCUT2D eigenvalue weighted by atomic mass is 10.0. The minimum absolute atomic E-state index is 0.284. The van der Waals surface area contributed by atoms with Crippen LogP contribution < -0.4 is 5.73 Å². The highest BCUT2D eigenvalue weighted by Gasteiger charge is 2.12. The van der Waals surface area contributed by atoms with Gasteiger partial charge in [0.1, 0.15) is 5.82 Å². The molecule has 0 aliphatic carbocycles. The summed E-state index contributed by atoms with van der Waals surface area (Å²) in [6, 6.07) is 4.24. The smallest absolute Gasteiger partial charge is 0.126 e. The lowest BCUT2D eigenvalue weighted by Gasteiger charge is -2.15. The van der Waals surface area contributed by atoms with E-state index in [0.29, 0.717) is 11.1 Å². The van der Waals surface area contributed by atoms with Crippen molar-refractivity contribution in [1.82, 2.24) is 0 Å². The molecule has 0 aliphatic rings. The van der Waals surface area contributed by atoms with Gasteiger partial charge in [-0.3, -0.25) is 0 Å². The van der Waals surface area contributed by atoms with E-state index in [4.69, 9.17) is 5.73 Å². The molecule has 0 saturated heterocycles. The van der Waals surface area contributed by atoms with Crippen LogP contribution in [0.4, 0.5) is 4.39 Å². The maximum Gasteiger partial charge on any atom is 0.126 e. The first-order valence-corrected chi connectivity index (χ1v) is 4.22. The zero-order valence-corrected chi connectivity index (χ0v) is 7.79. The monoisotopic (exact) mass is 183 g/mol. The topological polar surface area (TPSA) is 46.2 Å². The van der Waals surface area contributed by atoms with Crippen LogP contribution in [0.2, 0.25) is 0 Å². The highest BCUT2D eigenvalue weighted by atomic mass is 19.1. The molecular weight excluding hydrogens is 169 g/mol. The van der Waals surface area contributed by atoms with E-state index in [1.54, 1.807) is 26.0 Å². The minimum atomic E-state index is -0.665. The molecule has 72 valence electrons. The molecule has 0 heterocycles. The van der Waals surface area contributed by atoms with Crippen LogP contribution in [-0.4, -0.2) is 11.2 Å². The molecule has 0 radical (unpaired) electrons. The lowest BCUT2D eigenvalue weighted by Crippen LogP contribution is -2.23. The van der Waals surface area contributed by atoms with E-state index in [0.717, 1.165) is 0 Å². The van der Waals surface area contributed by atoms with Crippen LogP contribution in [-0.2, 0) is 0 Å². The predicted molar refractivity (Wildman–Crippen MR) is 49.7 cm³/mol. The van der Waals surface area contributed by atoms with Gasteiger partial charge in [-0.2, -0.15) is 0 Å². The van der Waals surface area contributed by atoms with Crippen molar-refractivity contribution in [3.05, 3.63) is 35.1 Å². The van der Waals surface area contributed by atoms with Gasteiger partial charge in [0.05, 0.1) is 12.1 Å². The summed E-state index contributed by atoms with van der Waals surface area (Å²) in [6.45, 7) is 3.27. The molecule has 3 heteroatoms. The first-order valence-electron chi connectivity index (χ1n) is 4.22. The molecule has 13 heavy (non-hydrogen) atoms. The summed E-state index contributed by atoms with van der Waals surface area (Å²) in [6.07, 6.45) is -0.665. The molecule has 0 fully saturated rings. The van der Waals surface area contributed by atoms with Crippen molar-refractivity contribution in [1.29, 1.82) is 0 Å². The Labute approximate surface area is 77.2 Å². The van der Waals surface area contributed by atoms with Gasteiger partial charge in [0, 0.05) is 0 Å². The predicted octanol–water partition coefficient (Wildman–Crippen LogP) is 1.51. The van der Waals surface area contributed by atoms with Crippen molar-refractivity contribution in [3.8, 4) is 0 Å². The summed E-state index contributed by atoms with van der Waals surface area (Å²) < 4.78 is 13.1. The van der Waals surface area contributed by atoms with E-state index < -0.39 is 12.1 Å². The zero-order valence-electron chi connectivity index (χ0n) is 7.79. The van der Waals surface area contributed by atoms with Gasteiger partial charge in [-0.1, -0.05) is 12.1 Å². The number of benzene rings is 1. The van der Waals surface area contributed by atoms with Crippen LogP contribution in [0, 0.1) is 12.7 Å². The lowest BCUT2D eigenvalue weighted by molar-refractivity contribution is 0.164. The highest BCUT2D eigenvalue weighted by molar-refractivity contribution is 5.26. The minimum Gasteiger partial charge on any atom is -0.391 e. The van der Waals surface area contributed by atoms with Crippen LogP contribution in [0.5, 0.6) is 0 Å². The average molecular weight is 183 g/mol. The summed E-state index contributed by atoms with van der Waals surface area (Å²) in [5.41, 5.74) is 6.85. The van der Waals surface area contributed by atoms with Crippen molar-refractivity contribution >= 4 is 0 Å². The van der Waals surface area contributed by atoms with Gasteiger partial charge in [0.15, 0.2) is 0 Å². The highest BCUT2D eigenvalue weighted by Crippen LogP contribution is 2.17. The SMILES string of the molecule is Cc1ccc([C@@H](N)[C@@H](C)O)cc1F. The second-order valence-corrected chi connectivity index (χ2v) is 3.28. The van der Waals surface area contributed by atoms with Gasteiger partial charge >= 0.3 is 0 Å². The Kier molecular flexibility index (Phi) is 3.01. The van der Waals surface area contributed by atoms with Crippen molar-refractivity contribution in [2.24, 2.45) is 5.73 Å². The third-order valence-electron chi connectivity index (χ3n) is 2.10. The standard InChI is InChI=1S/C10H14FNO/c1-6-3-4-8(5-9(6)11)10(12)7(2)13/h3-5,7,10,13H,12H2,1-2H3/t7-,10+/m1/s1. The second-order valence-electron chi connectivity index (χ2n) is 3.28. The third kappa shape index (κ3) is 2.26. The Bertz CT molecular complexity index is 299. The summed E-state index contributed by atoms with van der Waals surface area (Å²) in [5.74, 6) is -0.284. The summed E-state index contributed by atoms with van der Waals surface area (Å²) in [7, 11) is 0. The number of aliphatic hydroxyl groups excluding tert-OH is 1. The van der Waals surface area contributed by atoms with Gasteiger partial charge < -0.3 is 10.8 Å². The van der Waals surface area contributed by atoms with Crippen LogP contribution in [0.15, 0.2) is 18.2 Å². The molecule has 0 amide bonds. The zero-order chi connectivity index (χ0) is 10.0. The Hall–Kier alpha value is -0.930. The average Bonchev–Trinajstić information content (AvgIpc) is 2.08. The second kappa shape index (κ2) is 3.85. The van der Waals surface area contributed by atoms with E-state index in [1.807, 2.05) is 0 Å². The maximum absolute atomic E-state index is 13.1. The van der Waals surface area contributed by atoms with Gasteiger partial charge in [-0.15, -0.1) is 0 Å². The first-order chi connectivity index (χ1) is 6.02.